The van der Waals surface area contributed by atoms with Gasteiger partial charge in [-0.2, -0.15) is 0 Å². The Bertz CT molecular complexity index is 1180. The zero-order valence-electron chi connectivity index (χ0n) is 18.6. The van der Waals surface area contributed by atoms with Crippen molar-refractivity contribution in [3.05, 3.63) is 94.5 Å². The van der Waals surface area contributed by atoms with Crippen molar-refractivity contribution in [1.82, 2.24) is 4.90 Å². The van der Waals surface area contributed by atoms with Crippen LogP contribution in [0.3, 0.4) is 0 Å². The fourth-order valence-corrected chi connectivity index (χ4v) is 4.95. The minimum absolute atomic E-state index is 0.0394. The highest BCUT2D eigenvalue weighted by Gasteiger charge is 2.32. The van der Waals surface area contributed by atoms with Gasteiger partial charge in [0.2, 0.25) is 0 Å². The molecule has 3 rings (SSSR count). The maximum atomic E-state index is 13.7. The number of anilines is 1. The van der Waals surface area contributed by atoms with Crippen molar-refractivity contribution < 1.29 is 18.1 Å². The molecular weight excluding hydrogens is 442 g/mol. The van der Waals surface area contributed by atoms with E-state index >= 15 is 0 Å². The summed E-state index contributed by atoms with van der Waals surface area (Å²) in [7, 11) is -0.281. The summed E-state index contributed by atoms with van der Waals surface area (Å²) in [5, 5.41) is 11.5. The molecule has 0 radical (unpaired) electrons. The van der Waals surface area contributed by atoms with Gasteiger partial charge < -0.3 is 9.64 Å². The van der Waals surface area contributed by atoms with Crippen LogP contribution in [0.1, 0.15) is 12.0 Å². The van der Waals surface area contributed by atoms with Crippen molar-refractivity contribution in [2.24, 2.45) is 0 Å². The van der Waals surface area contributed by atoms with E-state index in [2.05, 4.69) is 4.90 Å². The summed E-state index contributed by atoms with van der Waals surface area (Å²) < 4.78 is 34.5. The third kappa shape index (κ3) is 6.09. The molecule has 174 valence electrons. The van der Waals surface area contributed by atoms with Crippen LogP contribution in [-0.4, -0.2) is 45.5 Å². The molecule has 0 saturated heterocycles. The van der Waals surface area contributed by atoms with Crippen molar-refractivity contribution in [2.45, 2.75) is 17.9 Å². The fourth-order valence-electron chi connectivity index (χ4n) is 3.35. The maximum absolute atomic E-state index is 13.7. The standard InChI is InChI=1S/C24H27N3O5S/c1-25(2)17-10-18-32-23-15-8-6-11-20(23)19-26(21-12-4-3-5-13-21)33(30,31)24-16-9-7-14-22(24)27(28)29/h3-9,11-16H,10,17-19H2,1-2H3. The number of sulfonamides is 1. The van der Waals surface area contributed by atoms with Gasteiger partial charge in [-0.1, -0.05) is 48.5 Å². The first-order chi connectivity index (χ1) is 15.8. The van der Waals surface area contributed by atoms with E-state index in [1.807, 2.05) is 26.2 Å². The van der Waals surface area contributed by atoms with E-state index in [0.717, 1.165) is 13.0 Å². The fraction of sp³-hybridized carbons (Fsp3) is 0.250. The lowest BCUT2D eigenvalue weighted by Crippen LogP contribution is -2.31. The van der Waals surface area contributed by atoms with Crippen LogP contribution in [0.15, 0.2) is 83.8 Å². The second-order valence-electron chi connectivity index (χ2n) is 7.69. The van der Waals surface area contributed by atoms with Gasteiger partial charge in [0.15, 0.2) is 4.90 Å². The van der Waals surface area contributed by atoms with Gasteiger partial charge in [-0.25, -0.2) is 8.42 Å². The Hall–Kier alpha value is -3.43. The lowest BCUT2D eigenvalue weighted by molar-refractivity contribution is -0.387. The smallest absolute Gasteiger partial charge is 0.289 e. The lowest BCUT2D eigenvalue weighted by Gasteiger charge is -2.25. The molecule has 0 aliphatic carbocycles. The summed E-state index contributed by atoms with van der Waals surface area (Å²) in [6.45, 7) is 1.31. The van der Waals surface area contributed by atoms with Crippen LogP contribution in [0.4, 0.5) is 11.4 Å². The Morgan fingerprint density at radius 1 is 0.909 bits per heavy atom. The third-order valence-corrected chi connectivity index (χ3v) is 6.79. The van der Waals surface area contributed by atoms with Gasteiger partial charge in [0.1, 0.15) is 5.75 Å². The normalized spacial score (nSPS) is 11.4. The van der Waals surface area contributed by atoms with Crippen LogP contribution in [0.5, 0.6) is 5.75 Å². The van der Waals surface area contributed by atoms with E-state index in [4.69, 9.17) is 4.74 Å². The van der Waals surface area contributed by atoms with Crippen molar-refractivity contribution in [3.63, 3.8) is 0 Å². The van der Waals surface area contributed by atoms with E-state index in [1.165, 1.54) is 28.6 Å². The summed E-state index contributed by atoms with van der Waals surface area (Å²) >= 11 is 0. The van der Waals surface area contributed by atoms with Gasteiger partial charge in [-0.05, 0) is 44.8 Å². The molecule has 33 heavy (non-hydrogen) atoms. The number of benzene rings is 3. The monoisotopic (exact) mass is 469 g/mol. The number of nitrogens with zero attached hydrogens (tertiary/aromatic N) is 3. The van der Waals surface area contributed by atoms with Gasteiger partial charge >= 0.3 is 0 Å². The highest BCUT2D eigenvalue weighted by atomic mass is 32.2. The summed E-state index contributed by atoms with van der Waals surface area (Å²) in [6, 6.07) is 21.1. The zero-order valence-corrected chi connectivity index (χ0v) is 19.4. The van der Waals surface area contributed by atoms with Crippen molar-refractivity contribution in [1.29, 1.82) is 0 Å². The van der Waals surface area contributed by atoms with Crippen molar-refractivity contribution in [2.75, 3.05) is 31.6 Å². The molecule has 0 fully saturated rings. The predicted molar refractivity (Wildman–Crippen MR) is 128 cm³/mol. The molecule has 0 amide bonds. The quantitative estimate of drug-likeness (QED) is 0.236. The minimum Gasteiger partial charge on any atom is -0.493 e. The number of nitro benzene ring substituents is 1. The number of hydrogen-bond donors (Lipinski definition) is 0. The van der Waals surface area contributed by atoms with Crippen LogP contribution in [0, 0.1) is 10.1 Å². The first-order valence-corrected chi connectivity index (χ1v) is 11.9. The molecule has 0 aromatic heterocycles. The second kappa shape index (κ2) is 10.9. The largest absolute Gasteiger partial charge is 0.493 e. The number of hydrogen-bond acceptors (Lipinski definition) is 6. The molecule has 0 aliphatic rings. The van der Waals surface area contributed by atoms with Crippen molar-refractivity contribution in [3.8, 4) is 5.75 Å². The van der Waals surface area contributed by atoms with E-state index in [1.54, 1.807) is 42.5 Å². The molecule has 0 N–H and O–H groups in total. The summed E-state index contributed by atoms with van der Waals surface area (Å²) in [4.78, 5) is 12.6. The third-order valence-electron chi connectivity index (χ3n) is 4.97. The molecule has 0 unspecified atom stereocenters. The lowest BCUT2D eigenvalue weighted by atomic mass is 10.2. The van der Waals surface area contributed by atoms with E-state index in [0.29, 0.717) is 23.6 Å². The first kappa shape index (κ1) is 24.2. The molecule has 3 aromatic rings. The van der Waals surface area contributed by atoms with Crippen LogP contribution < -0.4 is 9.04 Å². The van der Waals surface area contributed by atoms with Gasteiger partial charge in [0, 0.05) is 18.2 Å². The molecule has 0 aliphatic heterocycles. The molecule has 0 spiro atoms. The Labute approximate surface area is 194 Å². The van der Waals surface area contributed by atoms with Crippen LogP contribution in [0.25, 0.3) is 0 Å². The molecule has 8 nitrogen and oxygen atoms in total. The summed E-state index contributed by atoms with van der Waals surface area (Å²) in [5.74, 6) is 0.579. The molecular formula is C24H27N3O5S. The molecule has 0 bridgehead atoms. The minimum atomic E-state index is -4.25. The Balaban J connectivity index is 1.99. The molecule has 3 aromatic carbocycles. The summed E-state index contributed by atoms with van der Waals surface area (Å²) in [5.41, 5.74) is 0.595. The topological polar surface area (TPSA) is 93.0 Å². The Morgan fingerprint density at radius 3 is 2.24 bits per heavy atom. The number of ether oxygens (including phenoxy) is 1. The van der Waals surface area contributed by atoms with Crippen LogP contribution >= 0.6 is 0 Å². The predicted octanol–water partition coefficient (Wildman–Crippen LogP) is 4.32. The SMILES string of the molecule is CN(C)CCCOc1ccccc1CN(c1ccccc1)S(=O)(=O)c1ccccc1[N+](=O)[O-]. The van der Waals surface area contributed by atoms with E-state index in [9.17, 15) is 18.5 Å². The molecule has 0 atom stereocenters. The van der Waals surface area contributed by atoms with Crippen molar-refractivity contribution >= 4 is 21.4 Å². The average Bonchev–Trinajstić information content (AvgIpc) is 2.81. The number of para-hydroxylation sites is 3. The Morgan fingerprint density at radius 2 is 1.55 bits per heavy atom. The zero-order chi connectivity index (χ0) is 23.8. The maximum Gasteiger partial charge on any atom is 0.289 e. The van der Waals surface area contributed by atoms with Gasteiger partial charge in [-0.3, -0.25) is 14.4 Å². The average molecular weight is 470 g/mol. The molecule has 9 heteroatoms. The van der Waals surface area contributed by atoms with Crippen LogP contribution in [0.2, 0.25) is 0 Å². The second-order valence-corrected chi connectivity index (χ2v) is 9.52. The van der Waals surface area contributed by atoms with Gasteiger partial charge in [-0.15, -0.1) is 0 Å². The van der Waals surface area contributed by atoms with Crippen LogP contribution in [-0.2, 0) is 16.6 Å². The molecule has 0 saturated carbocycles. The van der Waals surface area contributed by atoms with Gasteiger partial charge in [0.25, 0.3) is 15.7 Å². The Kier molecular flexibility index (Phi) is 8.02. The summed E-state index contributed by atoms with van der Waals surface area (Å²) in [6.07, 6.45) is 0.818. The first-order valence-electron chi connectivity index (χ1n) is 10.5. The number of rotatable bonds is 11. The molecule has 0 heterocycles. The van der Waals surface area contributed by atoms with E-state index < -0.39 is 20.6 Å². The van der Waals surface area contributed by atoms with Gasteiger partial charge in [0.05, 0.1) is 23.8 Å². The number of nitro groups is 1. The highest BCUT2D eigenvalue weighted by molar-refractivity contribution is 7.93. The highest BCUT2D eigenvalue weighted by Crippen LogP contribution is 2.32. The van der Waals surface area contributed by atoms with E-state index in [-0.39, 0.29) is 11.4 Å².